The quantitative estimate of drug-likeness (QED) is 0.215. The van der Waals surface area contributed by atoms with Crippen molar-refractivity contribution in [3.05, 3.63) is 140 Å². The van der Waals surface area contributed by atoms with E-state index in [9.17, 15) is 0 Å². The van der Waals surface area contributed by atoms with E-state index < -0.39 is 0 Å². The molecule has 0 bridgehead atoms. The predicted molar refractivity (Wildman–Crippen MR) is 170 cm³/mol. The molecule has 6 aromatic carbocycles. The van der Waals surface area contributed by atoms with Crippen molar-refractivity contribution >= 4 is 32.8 Å². The molecule has 0 fully saturated rings. The van der Waals surface area contributed by atoms with Gasteiger partial charge in [0.15, 0.2) is 0 Å². The SMILES string of the molecule is c1ccc2c(c1)-c1cc3ncccc3cc1-c1ccccc1-c1c-2cccc1-c1cccc2c1oc1ccccc12. The van der Waals surface area contributed by atoms with Gasteiger partial charge in [0.25, 0.3) is 0 Å². The molecule has 0 saturated heterocycles. The molecule has 0 amide bonds. The lowest BCUT2D eigenvalue weighted by Crippen LogP contribution is -1.99. The van der Waals surface area contributed by atoms with Crippen molar-refractivity contribution in [3.8, 4) is 55.6 Å². The van der Waals surface area contributed by atoms with Crippen LogP contribution in [0, 0.1) is 0 Å². The summed E-state index contributed by atoms with van der Waals surface area (Å²) < 4.78 is 6.54. The number of pyridine rings is 1. The molecule has 0 saturated carbocycles. The third-order valence-corrected chi connectivity index (χ3v) is 8.50. The zero-order chi connectivity index (χ0) is 26.9. The predicted octanol–water partition coefficient (Wildman–Crippen LogP) is 10.8. The van der Waals surface area contributed by atoms with Crippen LogP contribution in [0.3, 0.4) is 0 Å². The van der Waals surface area contributed by atoms with Crippen molar-refractivity contribution < 1.29 is 4.42 Å². The van der Waals surface area contributed by atoms with E-state index in [0.717, 1.165) is 38.4 Å². The van der Waals surface area contributed by atoms with Gasteiger partial charge in [-0.15, -0.1) is 0 Å². The van der Waals surface area contributed by atoms with E-state index in [1.165, 1.54) is 50.1 Å². The Morgan fingerprint density at radius 3 is 1.85 bits per heavy atom. The molecule has 190 valence electrons. The Morgan fingerprint density at radius 1 is 0.415 bits per heavy atom. The molecule has 1 aliphatic rings. The van der Waals surface area contributed by atoms with Crippen LogP contribution >= 0.6 is 0 Å². The molecule has 2 heterocycles. The van der Waals surface area contributed by atoms with E-state index in [-0.39, 0.29) is 0 Å². The number of benzene rings is 6. The molecule has 0 atom stereocenters. The molecule has 41 heavy (non-hydrogen) atoms. The Balaban J connectivity index is 1.44. The zero-order valence-electron chi connectivity index (χ0n) is 22.1. The second-order valence-corrected chi connectivity index (χ2v) is 10.7. The van der Waals surface area contributed by atoms with Crippen molar-refractivity contribution in [2.75, 3.05) is 0 Å². The molecule has 2 heteroatoms. The fourth-order valence-corrected chi connectivity index (χ4v) is 6.71. The molecule has 0 radical (unpaired) electrons. The first-order valence-corrected chi connectivity index (χ1v) is 14.0. The van der Waals surface area contributed by atoms with Crippen molar-refractivity contribution in [1.82, 2.24) is 4.98 Å². The van der Waals surface area contributed by atoms with Gasteiger partial charge in [0.1, 0.15) is 11.2 Å². The van der Waals surface area contributed by atoms with Crippen LogP contribution < -0.4 is 0 Å². The number of hydrogen-bond acceptors (Lipinski definition) is 2. The van der Waals surface area contributed by atoms with Crippen LogP contribution in [0.25, 0.3) is 88.5 Å². The molecule has 0 unspecified atom stereocenters. The Morgan fingerprint density at radius 2 is 1.00 bits per heavy atom. The van der Waals surface area contributed by atoms with Gasteiger partial charge >= 0.3 is 0 Å². The van der Waals surface area contributed by atoms with Crippen LogP contribution in [0.2, 0.25) is 0 Å². The van der Waals surface area contributed by atoms with Crippen molar-refractivity contribution in [1.29, 1.82) is 0 Å². The molecule has 2 nitrogen and oxygen atoms in total. The summed E-state index contributed by atoms with van der Waals surface area (Å²) >= 11 is 0. The zero-order valence-corrected chi connectivity index (χ0v) is 22.1. The molecule has 1 aliphatic carbocycles. The van der Waals surface area contributed by atoms with E-state index in [2.05, 4.69) is 121 Å². The van der Waals surface area contributed by atoms with Crippen LogP contribution in [0.15, 0.2) is 144 Å². The summed E-state index contributed by atoms with van der Waals surface area (Å²) in [6.45, 7) is 0. The number of aromatic nitrogens is 1. The number of nitrogens with zero attached hydrogens (tertiary/aromatic N) is 1. The largest absolute Gasteiger partial charge is 0.455 e. The topological polar surface area (TPSA) is 26.0 Å². The number of hydrogen-bond donors (Lipinski definition) is 0. The molecular formula is C39H23NO. The molecule has 2 aromatic heterocycles. The Hall–Kier alpha value is -5.47. The highest BCUT2D eigenvalue weighted by atomic mass is 16.3. The highest BCUT2D eigenvalue weighted by Crippen LogP contribution is 2.51. The third kappa shape index (κ3) is 3.22. The van der Waals surface area contributed by atoms with Crippen molar-refractivity contribution in [2.24, 2.45) is 0 Å². The van der Waals surface area contributed by atoms with Gasteiger partial charge in [0.2, 0.25) is 0 Å². The number of rotatable bonds is 1. The van der Waals surface area contributed by atoms with Gasteiger partial charge in [0.05, 0.1) is 5.52 Å². The lowest BCUT2D eigenvalue weighted by molar-refractivity contribution is 0.670. The molecule has 9 rings (SSSR count). The van der Waals surface area contributed by atoms with E-state index in [0.29, 0.717) is 0 Å². The van der Waals surface area contributed by atoms with Crippen LogP contribution in [0.1, 0.15) is 0 Å². The maximum Gasteiger partial charge on any atom is 0.143 e. The number of fused-ring (bicyclic) bond motifs is 12. The Labute approximate surface area is 237 Å². The average molecular weight is 522 g/mol. The molecular weight excluding hydrogens is 498 g/mol. The van der Waals surface area contributed by atoms with Gasteiger partial charge < -0.3 is 4.42 Å². The lowest BCUT2D eigenvalue weighted by atomic mass is 9.78. The minimum Gasteiger partial charge on any atom is -0.455 e. The van der Waals surface area contributed by atoms with E-state index >= 15 is 0 Å². The first-order valence-electron chi connectivity index (χ1n) is 14.0. The summed E-state index contributed by atoms with van der Waals surface area (Å²) in [5.74, 6) is 0. The van der Waals surface area contributed by atoms with Gasteiger partial charge in [-0.25, -0.2) is 0 Å². The smallest absolute Gasteiger partial charge is 0.143 e. The van der Waals surface area contributed by atoms with Crippen LogP contribution in [-0.2, 0) is 0 Å². The summed E-state index contributed by atoms with van der Waals surface area (Å²) in [7, 11) is 0. The third-order valence-electron chi connectivity index (χ3n) is 8.50. The van der Waals surface area contributed by atoms with Crippen molar-refractivity contribution in [3.63, 3.8) is 0 Å². The second-order valence-electron chi connectivity index (χ2n) is 10.7. The monoisotopic (exact) mass is 521 g/mol. The summed E-state index contributed by atoms with van der Waals surface area (Å²) in [5, 5.41) is 3.42. The standard InChI is InChI=1S/C39H23NO/c1-2-12-26-25(11-1)30-16-7-17-31(33-19-8-18-32-28-14-5-6-20-37(28)41-39(32)33)38(30)29-15-4-3-13-27(29)34-22-24-10-9-21-40-36(24)23-35(26)34/h1-23H. The normalized spacial score (nSPS) is 11.9. The van der Waals surface area contributed by atoms with E-state index in [1.54, 1.807) is 0 Å². The number of para-hydroxylation sites is 2. The van der Waals surface area contributed by atoms with E-state index in [1.807, 2.05) is 18.3 Å². The summed E-state index contributed by atoms with van der Waals surface area (Å²) in [4.78, 5) is 4.71. The molecule has 0 aliphatic heterocycles. The fourth-order valence-electron chi connectivity index (χ4n) is 6.71. The van der Waals surface area contributed by atoms with Gasteiger partial charge in [-0.1, -0.05) is 109 Å². The molecule has 0 spiro atoms. The molecule has 8 aromatic rings. The summed E-state index contributed by atoms with van der Waals surface area (Å²) in [6, 6.07) is 47.8. The maximum absolute atomic E-state index is 6.54. The average Bonchev–Trinajstić information content (AvgIpc) is 3.42. The van der Waals surface area contributed by atoms with Crippen molar-refractivity contribution in [2.45, 2.75) is 0 Å². The molecule has 0 N–H and O–H groups in total. The van der Waals surface area contributed by atoms with Gasteiger partial charge in [-0.3, -0.25) is 4.98 Å². The first kappa shape index (κ1) is 22.4. The second kappa shape index (κ2) is 8.51. The van der Waals surface area contributed by atoms with Crippen LogP contribution in [0.5, 0.6) is 0 Å². The highest BCUT2D eigenvalue weighted by Gasteiger charge is 2.25. The van der Waals surface area contributed by atoms with Gasteiger partial charge in [-0.2, -0.15) is 0 Å². The van der Waals surface area contributed by atoms with E-state index in [4.69, 9.17) is 9.40 Å². The summed E-state index contributed by atoms with van der Waals surface area (Å²) in [5.41, 5.74) is 14.8. The maximum atomic E-state index is 6.54. The Kier molecular flexibility index (Phi) is 4.64. The summed E-state index contributed by atoms with van der Waals surface area (Å²) in [6.07, 6.45) is 1.87. The minimum atomic E-state index is 0.911. The lowest BCUT2D eigenvalue weighted by Gasteiger charge is -2.25. The minimum absolute atomic E-state index is 0.911. The Bertz CT molecular complexity index is 2320. The van der Waals surface area contributed by atoms with Crippen LogP contribution in [-0.4, -0.2) is 4.98 Å². The fraction of sp³-hybridized carbons (Fsp3) is 0. The van der Waals surface area contributed by atoms with Gasteiger partial charge in [-0.05, 0) is 74.3 Å². The first-order chi connectivity index (χ1) is 20.3. The highest BCUT2D eigenvalue weighted by molar-refractivity contribution is 6.14. The number of furan rings is 1. The van der Waals surface area contributed by atoms with Gasteiger partial charge in [0, 0.05) is 27.9 Å². The van der Waals surface area contributed by atoms with Crippen LogP contribution in [0.4, 0.5) is 0 Å².